The van der Waals surface area contributed by atoms with E-state index in [4.69, 9.17) is 6.42 Å². The molecule has 0 radical (unpaired) electrons. The minimum atomic E-state index is -0.331. The van der Waals surface area contributed by atoms with Crippen LogP contribution in [0.1, 0.15) is 11.1 Å². The summed E-state index contributed by atoms with van der Waals surface area (Å²) in [5.74, 6) is 2.49. The molecule has 0 saturated heterocycles. The molecule has 0 heterocycles. The molecule has 0 aliphatic heterocycles. The minimum absolute atomic E-state index is 0.0476. The normalized spacial score (nSPS) is 9.15. The van der Waals surface area contributed by atoms with Crippen LogP contribution in [0.4, 0.5) is 0 Å². The van der Waals surface area contributed by atoms with E-state index in [1.54, 1.807) is 12.1 Å². The first-order valence-electron chi connectivity index (χ1n) is 3.89. The van der Waals surface area contributed by atoms with Crippen LogP contribution in [0.5, 0.6) is 0 Å². The molecule has 0 aliphatic carbocycles. The van der Waals surface area contributed by atoms with Crippen molar-refractivity contribution in [2.75, 3.05) is 6.54 Å². The van der Waals surface area contributed by atoms with Gasteiger partial charge >= 0.3 is 0 Å². The molecule has 66 valence electrons. The van der Waals surface area contributed by atoms with Crippen LogP contribution in [-0.4, -0.2) is 11.5 Å². The zero-order chi connectivity index (χ0) is 9.68. The van der Waals surface area contributed by atoms with Crippen LogP contribution < -0.4 is 0 Å². The fourth-order valence-corrected chi connectivity index (χ4v) is 1.04. The lowest BCUT2D eigenvalue weighted by molar-refractivity contribution is -0.479. The van der Waals surface area contributed by atoms with E-state index >= 15 is 0 Å². The molecule has 3 heteroatoms. The lowest BCUT2D eigenvalue weighted by Crippen LogP contribution is -2.03. The highest BCUT2D eigenvalue weighted by Crippen LogP contribution is 2.04. The Morgan fingerprint density at radius 2 is 2.31 bits per heavy atom. The summed E-state index contributed by atoms with van der Waals surface area (Å²) < 4.78 is 0. The van der Waals surface area contributed by atoms with Gasteiger partial charge in [0.25, 0.3) is 0 Å². The molecule has 0 saturated carbocycles. The van der Waals surface area contributed by atoms with E-state index in [2.05, 4.69) is 5.92 Å². The second kappa shape index (κ2) is 4.27. The predicted molar refractivity (Wildman–Crippen MR) is 49.9 cm³/mol. The molecule has 0 atom stereocenters. The van der Waals surface area contributed by atoms with Gasteiger partial charge in [0.2, 0.25) is 6.54 Å². The van der Waals surface area contributed by atoms with Gasteiger partial charge in [-0.15, -0.1) is 6.42 Å². The Kier molecular flexibility index (Phi) is 3.04. The van der Waals surface area contributed by atoms with Gasteiger partial charge in [0, 0.05) is 16.9 Å². The lowest BCUT2D eigenvalue weighted by Gasteiger charge is -1.97. The van der Waals surface area contributed by atoms with E-state index in [1.165, 1.54) is 0 Å². The minimum Gasteiger partial charge on any atom is -0.265 e. The van der Waals surface area contributed by atoms with Crippen molar-refractivity contribution < 1.29 is 4.92 Å². The van der Waals surface area contributed by atoms with Crippen molar-refractivity contribution >= 4 is 0 Å². The van der Waals surface area contributed by atoms with Crippen LogP contribution in [0.25, 0.3) is 0 Å². The first kappa shape index (κ1) is 9.27. The zero-order valence-corrected chi connectivity index (χ0v) is 7.06. The summed E-state index contributed by atoms with van der Waals surface area (Å²) >= 11 is 0. The van der Waals surface area contributed by atoms with Crippen molar-refractivity contribution in [1.82, 2.24) is 0 Å². The molecule has 1 aromatic carbocycles. The number of terminal acetylenes is 1. The number of rotatable bonds is 3. The Morgan fingerprint density at radius 3 is 2.92 bits per heavy atom. The van der Waals surface area contributed by atoms with Crippen molar-refractivity contribution in [2.24, 2.45) is 0 Å². The molecule has 0 fully saturated rings. The summed E-state index contributed by atoms with van der Waals surface area (Å²) in [5, 5.41) is 10.1. The Morgan fingerprint density at radius 1 is 1.54 bits per heavy atom. The summed E-state index contributed by atoms with van der Waals surface area (Å²) in [4.78, 5) is 9.76. The van der Waals surface area contributed by atoms with Crippen molar-refractivity contribution in [3.8, 4) is 12.3 Å². The molecule has 13 heavy (non-hydrogen) atoms. The lowest BCUT2D eigenvalue weighted by atomic mass is 10.1. The average Bonchev–Trinajstić information content (AvgIpc) is 2.15. The molecule has 0 N–H and O–H groups in total. The zero-order valence-electron chi connectivity index (χ0n) is 7.06. The fourth-order valence-electron chi connectivity index (χ4n) is 1.04. The SMILES string of the molecule is C#Cc1cccc(CC[N+](=O)[O-])c1. The molecular weight excluding hydrogens is 166 g/mol. The van der Waals surface area contributed by atoms with Gasteiger partial charge in [-0.25, -0.2) is 0 Å². The fraction of sp³-hybridized carbons (Fsp3) is 0.200. The van der Waals surface area contributed by atoms with E-state index in [9.17, 15) is 10.1 Å². The maximum atomic E-state index is 10.1. The standard InChI is InChI=1S/C10H9NO2/c1-2-9-4-3-5-10(8-9)6-7-11(12)13/h1,3-5,8H,6-7H2. The Hall–Kier alpha value is -1.82. The molecule has 0 bridgehead atoms. The molecule has 0 amide bonds. The van der Waals surface area contributed by atoms with Crippen LogP contribution >= 0.6 is 0 Å². The largest absolute Gasteiger partial charge is 0.265 e. The maximum absolute atomic E-state index is 10.1. The van der Waals surface area contributed by atoms with Crippen molar-refractivity contribution in [3.05, 3.63) is 45.5 Å². The average molecular weight is 175 g/mol. The predicted octanol–water partition coefficient (Wildman–Crippen LogP) is 1.49. The van der Waals surface area contributed by atoms with Crippen molar-refractivity contribution in [2.45, 2.75) is 6.42 Å². The smallest absolute Gasteiger partial charge is 0.207 e. The van der Waals surface area contributed by atoms with Crippen LogP contribution in [0, 0.1) is 22.5 Å². The highest BCUT2D eigenvalue weighted by atomic mass is 16.6. The quantitative estimate of drug-likeness (QED) is 0.397. The molecule has 0 aliphatic rings. The van der Waals surface area contributed by atoms with Crippen LogP contribution in [0.3, 0.4) is 0 Å². The highest BCUT2D eigenvalue weighted by Gasteiger charge is 1.99. The monoisotopic (exact) mass is 175 g/mol. The number of nitro groups is 1. The number of benzene rings is 1. The van der Waals surface area contributed by atoms with Crippen LogP contribution in [-0.2, 0) is 6.42 Å². The summed E-state index contributed by atoms with van der Waals surface area (Å²) in [7, 11) is 0. The Bertz CT molecular complexity index is 352. The first-order chi connectivity index (χ1) is 6.22. The Labute approximate surface area is 76.5 Å². The van der Waals surface area contributed by atoms with E-state index in [0.29, 0.717) is 6.42 Å². The van der Waals surface area contributed by atoms with Gasteiger partial charge in [0.15, 0.2) is 0 Å². The van der Waals surface area contributed by atoms with Gasteiger partial charge in [-0.2, -0.15) is 0 Å². The second-order valence-electron chi connectivity index (χ2n) is 2.65. The van der Waals surface area contributed by atoms with E-state index in [0.717, 1.165) is 11.1 Å². The summed E-state index contributed by atoms with van der Waals surface area (Å²) in [5.41, 5.74) is 1.67. The van der Waals surface area contributed by atoms with E-state index in [1.807, 2.05) is 12.1 Å². The number of hydrogen-bond donors (Lipinski definition) is 0. The number of hydrogen-bond acceptors (Lipinski definition) is 2. The Balaban J connectivity index is 2.68. The van der Waals surface area contributed by atoms with Gasteiger partial charge in [-0.1, -0.05) is 18.1 Å². The second-order valence-corrected chi connectivity index (χ2v) is 2.65. The molecule has 0 aromatic heterocycles. The molecular formula is C10H9NO2. The molecule has 3 nitrogen and oxygen atoms in total. The summed E-state index contributed by atoms with van der Waals surface area (Å²) in [6.07, 6.45) is 5.62. The van der Waals surface area contributed by atoms with Crippen LogP contribution in [0.2, 0.25) is 0 Å². The molecule has 1 aromatic rings. The third kappa shape index (κ3) is 2.96. The third-order valence-electron chi connectivity index (χ3n) is 1.68. The summed E-state index contributed by atoms with van der Waals surface area (Å²) in [6.45, 7) is -0.0476. The van der Waals surface area contributed by atoms with Crippen molar-refractivity contribution in [1.29, 1.82) is 0 Å². The third-order valence-corrected chi connectivity index (χ3v) is 1.68. The molecule has 0 spiro atoms. The highest BCUT2D eigenvalue weighted by molar-refractivity contribution is 5.35. The van der Waals surface area contributed by atoms with Gasteiger partial charge in [-0.3, -0.25) is 10.1 Å². The van der Waals surface area contributed by atoms with Gasteiger partial charge < -0.3 is 0 Å². The summed E-state index contributed by atoms with van der Waals surface area (Å²) in [6, 6.07) is 7.24. The van der Waals surface area contributed by atoms with Crippen LogP contribution in [0.15, 0.2) is 24.3 Å². The molecule has 1 rings (SSSR count). The molecule has 0 unspecified atom stereocenters. The van der Waals surface area contributed by atoms with E-state index in [-0.39, 0.29) is 11.5 Å². The van der Waals surface area contributed by atoms with Gasteiger partial charge in [-0.05, 0) is 17.7 Å². The first-order valence-corrected chi connectivity index (χ1v) is 3.89. The maximum Gasteiger partial charge on any atom is 0.207 e. The topological polar surface area (TPSA) is 43.1 Å². The van der Waals surface area contributed by atoms with Gasteiger partial charge in [0.1, 0.15) is 0 Å². The number of nitrogens with zero attached hydrogens (tertiary/aromatic N) is 1. The van der Waals surface area contributed by atoms with Gasteiger partial charge in [0.05, 0.1) is 0 Å². The van der Waals surface area contributed by atoms with E-state index < -0.39 is 0 Å². The van der Waals surface area contributed by atoms with Crippen molar-refractivity contribution in [3.63, 3.8) is 0 Å².